The molecule has 0 aromatic carbocycles. The van der Waals surface area contributed by atoms with Gasteiger partial charge in [0, 0.05) is 6.54 Å². The molecule has 0 aromatic heterocycles. The minimum atomic E-state index is -0.831. The van der Waals surface area contributed by atoms with Crippen LogP contribution in [0.3, 0.4) is 0 Å². The van der Waals surface area contributed by atoms with Gasteiger partial charge in [0.25, 0.3) is 0 Å². The van der Waals surface area contributed by atoms with Crippen LogP contribution in [0.5, 0.6) is 0 Å². The summed E-state index contributed by atoms with van der Waals surface area (Å²) < 4.78 is 0. The predicted molar refractivity (Wildman–Crippen MR) is 57.4 cm³/mol. The number of hydrogen-bond acceptors (Lipinski definition) is 3. The van der Waals surface area contributed by atoms with E-state index in [1.54, 1.807) is 0 Å². The highest BCUT2D eigenvalue weighted by Gasteiger charge is 2.41. The summed E-state index contributed by atoms with van der Waals surface area (Å²) in [6, 6.07) is -0.565. The maximum atomic E-state index is 10.8. The van der Waals surface area contributed by atoms with E-state index in [4.69, 9.17) is 10.8 Å². The first-order valence-electron chi connectivity index (χ1n) is 5.88. The van der Waals surface area contributed by atoms with Crippen molar-refractivity contribution in [1.82, 2.24) is 5.32 Å². The SMILES string of the molecule is NCC(NCC(C1CC1)C1CC1)C(=O)O. The molecule has 0 radical (unpaired) electrons. The van der Waals surface area contributed by atoms with Crippen molar-refractivity contribution in [3.8, 4) is 0 Å². The van der Waals surface area contributed by atoms with Gasteiger partial charge < -0.3 is 16.2 Å². The molecule has 0 saturated heterocycles. The van der Waals surface area contributed by atoms with Crippen molar-refractivity contribution in [3.63, 3.8) is 0 Å². The van der Waals surface area contributed by atoms with Crippen LogP contribution in [0.15, 0.2) is 0 Å². The Morgan fingerprint density at radius 2 is 1.87 bits per heavy atom. The van der Waals surface area contributed by atoms with Crippen LogP contribution in [0.4, 0.5) is 0 Å². The fourth-order valence-corrected chi connectivity index (χ4v) is 2.32. The minimum absolute atomic E-state index is 0.178. The van der Waals surface area contributed by atoms with Gasteiger partial charge in [-0.25, -0.2) is 0 Å². The summed E-state index contributed by atoms with van der Waals surface area (Å²) >= 11 is 0. The van der Waals surface area contributed by atoms with Gasteiger partial charge in [0.05, 0.1) is 0 Å². The molecule has 4 heteroatoms. The second kappa shape index (κ2) is 4.49. The van der Waals surface area contributed by atoms with Crippen molar-refractivity contribution in [2.24, 2.45) is 23.5 Å². The summed E-state index contributed by atoms with van der Waals surface area (Å²) in [6.07, 6.45) is 5.35. The highest BCUT2D eigenvalue weighted by Crippen LogP contribution is 2.48. The van der Waals surface area contributed by atoms with Crippen LogP contribution in [0.1, 0.15) is 25.7 Å². The average Bonchev–Trinajstić information content (AvgIpc) is 3.00. The number of carbonyl (C=O) groups is 1. The maximum Gasteiger partial charge on any atom is 0.322 e. The highest BCUT2D eigenvalue weighted by atomic mass is 16.4. The Morgan fingerprint density at radius 1 is 1.33 bits per heavy atom. The van der Waals surface area contributed by atoms with E-state index in [-0.39, 0.29) is 6.54 Å². The van der Waals surface area contributed by atoms with Gasteiger partial charge in [-0.1, -0.05) is 0 Å². The lowest BCUT2D eigenvalue weighted by Gasteiger charge is -2.19. The molecule has 0 aromatic rings. The van der Waals surface area contributed by atoms with Gasteiger partial charge in [0.2, 0.25) is 0 Å². The Balaban J connectivity index is 1.76. The summed E-state index contributed by atoms with van der Waals surface area (Å²) in [5.74, 6) is 1.59. The van der Waals surface area contributed by atoms with Crippen LogP contribution >= 0.6 is 0 Å². The van der Waals surface area contributed by atoms with E-state index in [1.165, 1.54) is 25.7 Å². The molecule has 2 aliphatic rings. The number of rotatable bonds is 7. The molecule has 0 heterocycles. The molecule has 2 rings (SSSR count). The lowest BCUT2D eigenvalue weighted by atomic mass is 9.97. The Bertz CT molecular complexity index is 225. The first-order valence-corrected chi connectivity index (χ1v) is 5.88. The van der Waals surface area contributed by atoms with Gasteiger partial charge in [-0.2, -0.15) is 0 Å². The van der Waals surface area contributed by atoms with Crippen molar-refractivity contribution >= 4 is 5.97 Å². The van der Waals surface area contributed by atoms with Gasteiger partial charge >= 0.3 is 5.97 Å². The summed E-state index contributed by atoms with van der Waals surface area (Å²) in [4.78, 5) is 10.8. The predicted octanol–water partition coefficient (Wildman–Crippen LogP) is 0.424. The van der Waals surface area contributed by atoms with E-state index >= 15 is 0 Å². The quantitative estimate of drug-likeness (QED) is 0.572. The largest absolute Gasteiger partial charge is 0.480 e. The van der Waals surface area contributed by atoms with E-state index in [1.807, 2.05) is 0 Å². The summed E-state index contributed by atoms with van der Waals surface area (Å²) in [5, 5.41) is 11.9. The van der Waals surface area contributed by atoms with E-state index in [0.29, 0.717) is 5.92 Å². The first kappa shape index (κ1) is 10.9. The van der Waals surface area contributed by atoms with Gasteiger partial charge in [0.15, 0.2) is 0 Å². The second-order valence-corrected chi connectivity index (χ2v) is 4.87. The number of aliphatic carboxylic acids is 1. The molecule has 0 amide bonds. The van der Waals surface area contributed by atoms with E-state index in [2.05, 4.69) is 5.32 Å². The smallest absolute Gasteiger partial charge is 0.322 e. The molecule has 2 saturated carbocycles. The zero-order chi connectivity index (χ0) is 10.8. The third-order valence-electron chi connectivity index (χ3n) is 3.59. The van der Waals surface area contributed by atoms with Crippen LogP contribution in [0.2, 0.25) is 0 Å². The molecule has 0 aliphatic heterocycles. The lowest BCUT2D eigenvalue weighted by Crippen LogP contribution is -2.45. The van der Waals surface area contributed by atoms with Gasteiger partial charge in [-0.15, -0.1) is 0 Å². The molecule has 86 valence electrons. The molecule has 4 N–H and O–H groups in total. The average molecular weight is 212 g/mol. The molecule has 0 spiro atoms. The van der Waals surface area contributed by atoms with Crippen LogP contribution < -0.4 is 11.1 Å². The normalized spacial score (nSPS) is 23.1. The van der Waals surface area contributed by atoms with E-state index < -0.39 is 12.0 Å². The first-order chi connectivity index (χ1) is 7.22. The van der Waals surface area contributed by atoms with Gasteiger partial charge in [-0.05, 0) is 50.0 Å². The molecule has 1 atom stereocenters. The van der Waals surface area contributed by atoms with Crippen molar-refractivity contribution in [1.29, 1.82) is 0 Å². The third-order valence-corrected chi connectivity index (χ3v) is 3.59. The molecule has 4 nitrogen and oxygen atoms in total. The van der Waals surface area contributed by atoms with Gasteiger partial charge in [-0.3, -0.25) is 4.79 Å². The second-order valence-electron chi connectivity index (χ2n) is 4.87. The molecule has 2 aliphatic carbocycles. The number of carboxylic acid groups (broad SMARTS) is 1. The standard InChI is InChI=1S/C11H20N2O2/c12-5-10(11(14)15)13-6-9(7-1-2-7)8-3-4-8/h7-10,13H,1-6,12H2,(H,14,15). The van der Waals surface area contributed by atoms with Crippen molar-refractivity contribution < 1.29 is 9.90 Å². The maximum absolute atomic E-state index is 10.8. The molecular weight excluding hydrogens is 192 g/mol. The monoisotopic (exact) mass is 212 g/mol. The number of nitrogens with one attached hydrogen (secondary N) is 1. The molecule has 1 unspecified atom stereocenters. The van der Waals surface area contributed by atoms with Crippen LogP contribution in [0.25, 0.3) is 0 Å². The van der Waals surface area contributed by atoms with Crippen molar-refractivity contribution in [2.45, 2.75) is 31.7 Å². The topological polar surface area (TPSA) is 75.3 Å². The minimum Gasteiger partial charge on any atom is -0.480 e. The Hall–Kier alpha value is -0.610. The van der Waals surface area contributed by atoms with Crippen molar-refractivity contribution in [3.05, 3.63) is 0 Å². The zero-order valence-corrected chi connectivity index (χ0v) is 8.98. The molecule has 0 bridgehead atoms. The summed E-state index contributed by atoms with van der Waals surface area (Å²) in [7, 11) is 0. The Labute approximate surface area is 90.2 Å². The molecule has 15 heavy (non-hydrogen) atoms. The number of carboxylic acids is 1. The number of hydrogen-bond donors (Lipinski definition) is 3. The van der Waals surface area contributed by atoms with Crippen LogP contribution in [-0.2, 0) is 4.79 Å². The van der Waals surface area contributed by atoms with Gasteiger partial charge in [0.1, 0.15) is 6.04 Å². The molecular formula is C11H20N2O2. The summed E-state index contributed by atoms with van der Waals surface area (Å²) in [6.45, 7) is 1.01. The van der Waals surface area contributed by atoms with Crippen LogP contribution in [0, 0.1) is 17.8 Å². The van der Waals surface area contributed by atoms with Crippen LogP contribution in [-0.4, -0.2) is 30.2 Å². The summed E-state index contributed by atoms with van der Waals surface area (Å²) in [5.41, 5.74) is 5.40. The van der Waals surface area contributed by atoms with Crippen molar-refractivity contribution in [2.75, 3.05) is 13.1 Å². The fraction of sp³-hybridized carbons (Fsp3) is 0.909. The highest BCUT2D eigenvalue weighted by molar-refractivity contribution is 5.73. The zero-order valence-electron chi connectivity index (χ0n) is 8.98. The Morgan fingerprint density at radius 3 is 2.20 bits per heavy atom. The lowest BCUT2D eigenvalue weighted by molar-refractivity contribution is -0.139. The molecule has 2 fully saturated rings. The fourth-order valence-electron chi connectivity index (χ4n) is 2.32. The van der Waals surface area contributed by atoms with E-state index in [9.17, 15) is 4.79 Å². The van der Waals surface area contributed by atoms with E-state index in [0.717, 1.165) is 18.4 Å². The third kappa shape index (κ3) is 2.92. The number of nitrogens with two attached hydrogens (primary N) is 1. The Kier molecular flexibility index (Phi) is 3.26.